The number of aliphatic hydroxyl groups is 1. The SMILES string of the molecule is CCCCCCCC/C=C\CCCCCCCC(=O)OCC(O)COP(=O)(O)OCC(NC(=O)CCCCCCCCCCCCC)C(=O)O. The Morgan fingerprint density at radius 2 is 1.04 bits per heavy atom. The molecule has 0 aliphatic carbocycles. The Bertz CT molecular complexity index is 916. The monoisotopic (exact) mass is 733 g/mol. The van der Waals surface area contributed by atoms with E-state index < -0.39 is 57.6 Å². The van der Waals surface area contributed by atoms with Crippen LogP contribution < -0.4 is 5.32 Å². The summed E-state index contributed by atoms with van der Waals surface area (Å²) in [4.78, 5) is 45.7. The van der Waals surface area contributed by atoms with Crippen LogP contribution in [0.5, 0.6) is 0 Å². The summed E-state index contributed by atoms with van der Waals surface area (Å²) in [5.74, 6) is -2.38. The lowest BCUT2D eigenvalue weighted by Gasteiger charge is -2.18. The van der Waals surface area contributed by atoms with Gasteiger partial charge in [0.15, 0.2) is 6.04 Å². The van der Waals surface area contributed by atoms with Gasteiger partial charge in [0.2, 0.25) is 5.91 Å². The summed E-state index contributed by atoms with van der Waals surface area (Å²) in [6.07, 6.45) is 31.0. The Morgan fingerprint density at radius 1 is 0.620 bits per heavy atom. The Balaban J connectivity index is 3.94. The molecule has 4 N–H and O–H groups in total. The molecule has 0 heterocycles. The van der Waals surface area contributed by atoms with Crippen molar-refractivity contribution in [2.45, 2.75) is 193 Å². The maximum atomic E-state index is 12.2. The van der Waals surface area contributed by atoms with Gasteiger partial charge in [0.05, 0.1) is 13.2 Å². The quantitative estimate of drug-likeness (QED) is 0.0209. The van der Waals surface area contributed by atoms with Crippen molar-refractivity contribution in [3.05, 3.63) is 12.2 Å². The highest BCUT2D eigenvalue weighted by Crippen LogP contribution is 2.43. The van der Waals surface area contributed by atoms with Crippen molar-refractivity contribution < 1.29 is 47.8 Å². The number of phosphoric ester groups is 1. The number of carboxylic acids is 1. The van der Waals surface area contributed by atoms with Crippen molar-refractivity contribution in [1.82, 2.24) is 5.32 Å². The number of carbonyl (C=O) groups excluding carboxylic acids is 2. The first-order valence-electron chi connectivity index (χ1n) is 19.7. The van der Waals surface area contributed by atoms with Crippen LogP contribution in [0.4, 0.5) is 0 Å². The third kappa shape index (κ3) is 33.4. The average Bonchev–Trinajstić information content (AvgIpc) is 3.08. The van der Waals surface area contributed by atoms with Crippen molar-refractivity contribution in [2.24, 2.45) is 0 Å². The minimum atomic E-state index is -4.74. The fourth-order valence-electron chi connectivity index (χ4n) is 5.43. The molecule has 0 aromatic rings. The van der Waals surface area contributed by atoms with Gasteiger partial charge >= 0.3 is 19.8 Å². The van der Waals surface area contributed by atoms with Crippen LogP contribution in [0.25, 0.3) is 0 Å². The van der Waals surface area contributed by atoms with Gasteiger partial charge in [-0.1, -0.05) is 142 Å². The first-order chi connectivity index (χ1) is 24.1. The summed E-state index contributed by atoms with van der Waals surface area (Å²) in [6, 6.07) is -1.54. The zero-order valence-electron chi connectivity index (χ0n) is 31.5. The van der Waals surface area contributed by atoms with Crippen LogP contribution in [0.3, 0.4) is 0 Å². The van der Waals surface area contributed by atoms with Gasteiger partial charge < -0.3 is 25.2 Å². The third-order valence-electron chi connectivity index (χ3n) is 8.55. The van der Waals surface area contributed by atoms with Crippen molar-refractivity contribution in [2.75, 3.05) is 19.8 Å². The number of hydrogen-bond acceptors (Lipinski definition) is 8. The van der Waals surface area contributed by atoms with Crippen LogP contribution in [-0.2, 0) is 32.7 Å². The van der Waals surface area contributed by atoms with E-state index in [4.69, 9.17) is 13.8 Å². The maximum Gasteiger partial charge on any atom is 0.472 e. The van der Waals surface area contributed by atoms with E-state index in [1.165, 1.54) is 83.5 Å². The van der Waals surface area contributed by atoms with E-state index in [0.717, 1.165) is 57.8 Å². The van der Waals surface area contributed by atoms with Crippen LogP contribution >= 0.6 is 7.82 Å². The van der Waals surface area contributed by atoms with E-state index in [0.29, 0.717) is 12.8 Å². The Kier molecular flexibility index (Phi) is 33.1. The predicted octanol–water partition coefficient (Wildman–Crippen LogP) is 9.33. The average molecular weight is 734 g/mol. The first-order valence-corrected chi connectivity index (χ1v) is 21.2. The van der Waals surface area contributed by atoms with Gasteiger partial charge in [-0.05, 0) is 38.5 Å². The molecule has 50 heavy (non-hydrogen) atoms. The number of allylic oxidation sites excluding steroid dienone is 2. The zero-order chi connectivity index (χ0) is 37.1. The minimum Gasteiger partial charge on any atom is -0.480 e. The van der Waals surface area contributed by atoms with Gasteiger partial charge in [-0.25, -0.2) is 9.36 Å². The number of aliphatic hydroxyl groups excluding tert-OH is 1. The molecule has 0 aromatic heterocycles. The van der Waals surface area contributed by atoms with Crippen molar-refractivity contribution in [1.29, 1.82) is 0 Å². The first kappa shape index (κ1) is 48.2. The number of esters is 1. The van der Waals surface area contributed by atoms with E-state index in [-0.39, 0.29) is 12.8 Å². The van der Waals surface area contributed by atoms with E-state index in [9.17, 15) is 34.1 Å². The summed E-state index contributed by atoms with van der Waals surface area (Å²) in [7, 11) is -4.74. The molecule has 0 rings (SSSR count). The molecule has 0 spiro atoms. The second-order valence-electron chi connectivity index (χ2n) is 13.5. The molecule has 3 atom stereocenters. The van der Waals surface area contributed by atoms with E-state index in [1.807, 2.05) is 0 Å². The van der Waals surface area contributed by atoms with Gasteiger partial charge in [-0.2, -0.15) is 0 Å². The Labute approximate surface area is 303 Å². The standard InChI is InChI=1S/C38H72NO10P/c1-3-5-7-9-11-13-15-16-17-18-20-22-24-26-28-30-37(42)47-31-34(40)32-48-50(45,46)49-33-35(38(43)44)39-36(41)29-27-25-23-21-19-14-12-10-8-6-4-2/h16-17,34-35,40H,3-15,18-33H2,1-2H3,(H,39,41)(H,43,44)(H,45,46)/b17-16-. The van der Waals surface area contributed by atoms with Crippen LogP contribution in [0.1, 0.15) is 181 Å². The van der Waals surface area contributed by atoms with Gasteiger partial charge in [-0.3, -0.25) is 18.6 Å². The van der Waals surface area contributed by atoms with Gasteiger partial charge in [-0.15, -0.1) is 0 Å². The topological polar surface area (TPSA) is 169 Å². The molecule has 0 aliphatic rings. The molecule has 3 unspecified atom stereocenters. The Hall–Kier alpha value is -1.78. The maximum absolute atomic E-state index is 12.2. The molecule has 0 saturated carbocycles. The molecular formula is C38H72NO10P. The lowest BCUT2D eigenvalue weighted by atomic mass is 10.1. The molecule has 11 nitrogen and oxygen atoms in total. The van der Waals surface area contributed by atoms with Gasteiger partial charge in [0, 0.05) is 12.8 Å². The van der Waals surface area contributed by atoms with Gasteiger partial charge in [0.1, 0.15) is 12.7 Å². The number of ether oxygens (including phenoxy) is 1. The molecular weight excluding hydrogens is 661 g/mol. The zero-order valence-corrected chi connectivity index (χ0v) is 32.4. The minimum absolute atomic E-state index is 0.149. The highest BCUT2D eigenvalue weighted by molar-refractivity contribution is 7.47. The fraction of sp³-hybridized carbons (Fsp3) is 0.868. The predicted molar refractivity (Wildman–Crippen MR) is 199 cm³/mol. The largest absolute Gasteiger partial charge is 0.480 e. The number of amides is 1. The summed E-state index contributed by atoms with van der Waals surface area (Å²) < 4.78 is 26.7. The second kappa shape index (κ2) is 34.3. The molecule has 294 valence electrons. The fourth-order valence-corrected chi connectivity index (χ4v) is 6.20. The molecule has 12 heteroatoms. The highest BCUT2D eigenvalue weighted by Gasteiger charge is 2.28. The number of phosphoric acid groups is 1. The smallest absolute Gasteiger partial charge is 0.472 e. The lowest BCUT2D eigenvalue weighted by Crippen LogP contribution is -2.43. The van der Waals surface area contributed by atoms with Crippen molar-refractivity contribution in [3.63, 3.8) is 0 Å². The van der Waals surface area contributed by atoms with Crippen molar-refractivity contribution >= 4 is 25.7 Å². The number of nitrogens with one attached hydrogen (secondary N) is 1. The van der Waals surface area contributed by atoms with Gasteiger partial charge in [0.25, 0.3) is 0 Å². The molecule has 0 aromatic carbocycles. The molecule has 0 radical (unpaired) electrons. The summed E-state index contributed by atoms with van der Waals surface area (Å²) in [6.45, 7) is 2.55. The van der Waals surface area contributed by atoms with Crippen LogP contribution in [0.2, 0.25) is 0 Å². The van der Waals surface area contributed by atoms with E-state index in [2.05, 4.69) is 31.3 Å². The van der Waals surface area contributed by atoms with Crippen LogP contribution in [-0.4, -0.2) is 64.9 Å². The van der Waals surface area contributed by atoms with Crippen LogP contribution in [0, 0.1) is 0 Å². The Morgan fingerprint density at radius 3 is 1.52 bits per heavy atom. The molecule has 0 aliphatic heterocycles. The highest BCUT2D eigenvalue weighted by atomic mass is 31.2. The molecule has 0 fully saturated rings. The molecule has 0 bridgehead atoms. The second-order valence-corrected chi connectivity index (χ2v) is 14.9. The number of aliphatic carboxylic acids is 1. The van der Waals surface area contributed by atoms with E-state index >= 15 is 0 Å². The number of hydrogen-bond donors (Lipinski definition) is 4. The normalized spacial score (nSPS) is 14.0. The number of unbranched alkanes of at least 4 members (excludes halogenated alkanes) is 21. The third-order valence-corrected chi connectivity index (χ3v) is 9.51. The lowest BCUT2D eigenvalue weighted by molar-refractivity contribution is -0.147. The number of carboxylic acid groups (broad SMARTS) is 1. The number of carbonyl (C=O) groups is 3. The van der Waals surface area contributed by atoms with Crippen molar-refractivity contribution in [3.8, 4) is 0 Å². The molecule has 1 amide bonds. The number of rotatable bonds is 37. The van der Waals surface area contributed by atoms with Crippen LogP contribution in [0.15, 0.2) is 12.2 Å². The summed E-state index contributed by atoms with van der Waals surface area (Å²) in [5.41, 5.74) is 0. The molecule has 0 saturated heterocycles. The summed E-state index contributed by atoms with van der Waals surface area (Å²) in [5, 5.41) is 21.7. The van der Waals surface area contributed by atoms with E-state index in [1.54, 1.807) is 0 Å². The summed E-state index contributed by atoms with van der Waals surface area (Å²) >= 11 is 0.